The Labute approximate surface area is 111 Å². The molecule has 0 aliphatic carbocycles. The predicted octanol–water partition coefficient (Wildman–Crippen LogP) is 1.35. The monoisotopic (exact) mass is 255 g/mol. The Morgan fingerprint density at radius 3 is 2.33 bits per heavy atom. The number of amides is 1. The van der Waals surface area contributed by atoms with Crippen LogP contribution in [0.15, 0.2) is 0 Å². The van der Waals surface area contributed by atoms with Gasteiger partial charge in [-0.25, -0.2) is 0 Å². The van der Waals surface area contributed by atoms with Gasteiger partial charge in [0.15, 0.2) is 0 Å². The number of hydrogen-bond donors (Lipinski definition) is 2. The third-order valence-corrected chi connectivity index (χ3v) is 4.72. The van der Waals surface area contributed by atoms with Crippen LogP contribution in [0.2, 0.25) is 0 Å². The van der Waals surface area contributed by atoms with Crippen molar-refractivity contribution in [1.82, 2.24) is 10.2 Å². The maximum Gasteiger partial charge on any atom is 0.227 e. The molecule has 0 aromatic rings. The lowest BCUT2D eigenvalue weighted by Gasteiger charge is -2.40. The van der Waals surface area contributed by atoms with E-state index in [-0.39, 0.29) is 11.9 Å². The first-order valence-electron chi connectivity index (χ1n) is 6.86. The van der Waals surface area contributed by atoms with Crippen molar-refractivity contribution in [3.63, 3.8) is 0 Å². The Kier molecular flexibility index (Phi) is 4.44. The maximum atomic E-state index is 12.4. The molecule has 106 valence electrons. The van der Waals surface area contributed by atoms with E-state index in [4.69, 9.17) is 5.73 Å². The number of hydrogen-bond acceptors (Lipinski definition) is 3. The van der Waals surface area contributed by atoms with E-state index >= 15 is 0 Å². The maximum absolute atomic E-state index is 12.4. The van der Waals surface area contributed by atoms with E-state index in [2.05, 4.69) is 24.2 Å². The number of nitrogens with one attached hydrogen (secondary N) is 1. The van der Waals surface area contributed by atoms with Gasteiger partial charge in [0.2, 0.25) is 5.91 Å². The van der Waals surface area contributed by atoms with Crippen molar-refractivity contribution in [2.45, 2.75) is 65.1 Å². The van der Waals surface area contributed by atoms with Gasteiger partial charge >= 0.3 is 0 Å². The van der Waals surface area contributed by atoms with Gasteiger partial charge in [-0.3, -0.25) is 4.79 Å². The van der Waals surface area contributed by atoms with Crippen molar-refractivity contribution in [2.75, 3.05) is 13.6 Å². The van der Waals surface area contributed by atoms with Gasteiger partial charge in [0.1, 0.15) is 0 Å². The average Bonchev–Trinajstić information content (AvgIpc) is 2.21. The normalized spacial score (nSPS) is 27.1. The molecule has 2 unspecified atom stereocenters. The van der Waals surface area contributed by atoms with Gasteiger partial charge in [-0.05, 0) is 54.5 Å². The molecular formula is C14H29N3O. The van der Waals surface area contributed by atoms with E-state index in [1.54, 1.807) is 0 Å². The minimum Gasteiger partial charge on any atom is -0.353 e. The number of carbonyl (C=O) groups is 1. The number of nitrogens with zero attached hydrogens (tertiary/aromatic N) is 1. The first-order chi connectivity index (χ1) is 8.05. The van der Waals surface area contributed by atoms with Crippen LogP contribution in [0, 0.1) is 5.41 Å². The second-order valence-corrected chi connectivity index (χ2v) is 6.87. The molecule has 2 atom stereocenters. The van der Waals surface area contributed by atoms with Gasteiger partial charge in [0.25, 0.3) is 0 Å². The summed E-state index contributed by atoms with van der Waals surface area (Å²) in [5, 5.41) is 3.17. The number of nitrogens with two attached hydrogens (primary N) is 1. The van der Waals surface area contributed by atoms with Crippen LogP contribution in [0.4, 0.5) is 0 Å². The first-order valence-corrected chi connectivity index (χ1v) is 6.86. The third kappa shape index (κ3) is 3.23. The van der Waals surface area contributed by atoms with Crippen molar-refractivity contribution in [3.05, 3.63) is 0 Å². The Morgan fingerprint density at radius 1 is 1.33 bits per heavy atom. The van der Waals surface area contributed by atoms with Crippen LogP contribution < -0.4 is 11.1 Å². The second-order valence-electron chi connectivity index (χ2n) is 6.87. The largest absolute Gasteiger partial charge is 0.353 e. The molecule has 0 bridgehead atoms. The number of piperidine rings is 1. The lowest BCUT2D eigenvalue weighted by Crippen LogP contribution is -2.58. The molecule has 3 N–H and O–H groups in total. The van der Waals surface area contributed by atoms with Crippen molar-refractivity contribution in [3.8, 4) is 0 Å². The molecule has 0 saturated carbocycles. The second kappa shape index (κ2) is 5.17. The van der Waals surface area contributed by atoms with Crippen LogP contribution in [-0.2, 0) is 4.79 Å². The molecule has 1 amide bonds. The van der Waals surface area contributed by atoms with Crippen LogP contribution in [0.1, 0.15) is 47.5 Å². The highest BCUT2D eigenvalue weighted by atomic mass is 16.2. The third-order valence-electron chi connectivity index (χ3n) is 4.72. The Bertz CT molecular complexity index is 307. The smallest absolute Gasteiger partial charge is 0.227 e. The molecule has 1 saturated heterocycles. The van der Waals surface area contributed by atoms with Crippen LogP contribution in [-0.4, -0.2) is 42.0 Å². The number of rotatable bonds is 3. The summed E-state index contributed by atoms with van der Waals surface area (Å²) in [5.41, 5.74) is 5.02. The van der Waals surface area contributed by atoms with E-state index in [0.717, 1.165) is 19.4 Å². The molecule has 0 aromatic heterocycles. The lowest BCUT2D eigenvalue weighted by atomic mass is 9.74. The molecule has 4 heteroatoms. The van der Waals surface area contributed by atoms with Crippen molar-refractivity contribution < 1.29 is 4.79 Å². The summed E-state index contributed by atoms with van der Waals surface area (Å²) in [6, 6.07) is 0.809. The molecular weight excluding hydrogens is 226 g/mol. The zero-order valence-electron chi connectivity index (χ0n) is 12.7. The van der Waals surface area contributed by atoms with Crippen molar-refractivity contribution >= 4 is 5.91 Å². The van der Waals surface area contributed by atoms with Crippen molar-refractivity contribution in [2.24, 2.45) is 11.1 Å². The number of likely N-dealkylation sites (tertiary alicyclic amines) is 1. The zero-order chi connectivity index (χ0) is 14.1. The minimum atomic E-state index is -0.556. The van der Waals surface area contributed by atoms with Crippen LogP contribution >= 0.6 is 0 Å². The highest BCUT2D eigenvalue weighted by Gasteiger charge is 2.41. The first kappa shape index (κ1) is 15.4. The molecule has 0 aromatic carbocycles. The Hall–Kier alpha value is -0.610. The van der Waals surface area contributed by atoms with E-state index in [1.807, 2.05) is 27.7 Å². The van der Waals surface area contributed by atoms with Gasteiger partial charge in [-0.2, -0.15) is 0 Å². The molecule has 4 nitrogen and oxygen atoms in total. The van der Waals surface area contributed by atoms with Crippen LogP contribution in [0.5, 0.6) is 0 Å². The van der Waals surface area contributed by atoms with Crippen LogP contribution in [0.25, 0.3) is 0 Å². The molecule has 1 aliphatic heterocycles. The van der Waals surface area contributed by atoms with Gasteiger partial charge in [0, 0.05) is 24.2 Å². The summed E-state index contributed by atoms with van der Waals surface area (Å²) in [5.74, 6) is 0.0664. The van der Waals surface area contributed by atoms with E-state index in [0.29, 0.717) is 6.04 Å². The standard InChI is InChI=1S/C14H29N3O/c1-10-9-11(7-8-17(10)6)16-12(18)13(2,3)14(4,5)15/h10-11H,7-9,15H2,1-6H3,(H,16,18). The van der Waals surface area contributed by atoms with E-state index in [1.165, 1.54) is 0 Å². The highest BCUT2D eigenvalue weighted by molar-refractivity contribution is 5.83. The van der Waals surface area contributed by atoms with Crippen LogP contribution in [0.3, 0.4) is 0 Å². The molecule has 1 aliphatic rings. The summed E-state index contributed by atoms with van der Waals surface area (Å²) in [6.45, 7) is 10.9. The van der Waals surface area contributed by atoms with Crippen molar-refractivity contribution in [1.29, 1.82) is 0 Å². The topological polar surface area (TPSA) is 58.4 Å². The summed E-state index contributed by atoms with van der Waals surface area (Å²) >= 11 is 0. The SMILES string of the molecule is CC1CC(NC(=O)C(C)(C)C(C)(C)N)CCN1C. The number of carbonyl (C=O) groups excluding carboxylic acids is 1. The summed E-state index contributed by atoms with van der Waals surface area (Å²) < 4.78 is 0. The van der Waals surface area contributed by atoms with Gasteiger partial charge in [-0.15, -0.1) is 0 Å². The molecule has 18 heavy (non-hydrogen) atoms. The fraction of sp³-hybridized carbons (Fsp3) is 0.929. The minimum absolute atomic E-state index is 0.0664. The average molecular weight is 255 g/mol. The van der Waals surface area contributed by atoms with E-state index < -0.39 is 11.0 Å². The Morgan fingerprint density at radius 2 is 1.89 bits per heavy atom. The summed E-state index contributed by atoms with van der Waals surface area (Å²) in [7, 11) is 2.13. The molecule has 0 spiro atoms. The molecule has 1 rings (SSSR count). The predicted molar refractivity (Wildman–Crippen MR) is 75.3 cm³/mol. The molecule has 0 radical (unpaired) electrons. The van der Waals surface area contributed by atoms with Gasteiger partial charge in [0.05, 0.1) is 5.41 Å². The summed E-state index contributed by atoms with van der Waals surface area (Å²) in [4.78, 5) is 14.7. The van der Waals surface area contributed by atoms with E-state index in [9.17, 15) is 4.79 Å². The highest BCUT2D eigenvalue weighted by Crippen LogP contribution is 2.29. The quantitative estimate of drug-likeness (QED) is 0.800. The lowest BCUT2D eigenvalue weighted by molar-refractivity contribution is -0.133. The van der Waals surface area contributed by atoms with Gasteiger partial charge in [-0.1, -0.05) is 0 Å². The zero-order valence-corrected chi connectivity index (χ0v) is 12.7. The fourth-order valence-corrected chi connectivity index (χ4v) is 2.08. The molecule has 1 heterocycles. The molecule has 1 fully saturated rings. The fourth-order valence-electron chi connectivity index (χ4n) is 2.08. The van der Waals surface area contributed by atoms with Gasteiger partial charge < -0.3 is 16.0 Å². The summed E-state index contributed by atoms with van der Waals surface area (Å²) in [6.07, 6.45) is 2.04. The Balaban J connectivity index is 2.61.